The fourth-order valence-corrected chi connectivity index (χ4v) is 1.44. The fraction of sp³-hybridized carbons (Fsp3) is 0.0909. The fourth-order valence-electron chi connectivity index (χ4n) is 1.44. The Kier molecular flexibility index (Phi) is 2.04. The van der Waals surface area contributed by atoms with E-state index in [9.17, 15) is 4.79 Å². The lowest BCUT2D eigenvalue weighted by molar-refractivity contribution is 0.111. The lowest BCUT2D eigenvalue weighted by atomic mass is 10.3. The van der Waals surface area contributed by atoms with E-state index in [4.69, 9.17) is 6.42 Å². The monoisotopic (exact) mass is 184 g/mol. The van der Waals surface area contributed by atoms with Gasteiger partial charge >= 0.3 is 0 Å². The van der Waals surface area contributed by atoms with Crippen LogP contribution in [-0.4, -0.2) is 15.8 Å². The maximum absolute atomic E-state index is 10.7. The molecule has 3 nitrogen and oxygen atoms in total. The van der Waals surface area contributed by atoms with E-state index in [0.29, 0.717) is 12.4 Å². The molecule has 0 aliphatic rings. The van der Waals surface area contributed by atoms with Crippen molar-refractivity contribution in [2.24, 2.45) is 0 Å². The second-order valence-electron chi connectivity index (χ2n) is 2.87. The van der Waals surface area contributed by atoms with E-state index in [2.05, 4.69) is 10.9 Å². The van der Waals surface area contributed by atoms with Gasteiger partial charge in [0, 0.05) is 0 Å². The minimum Gasteiger partial charge on any atom is -0.310 e. The number of para-hydroxylation sites is 2. The van der Waals surface area contributed by atoms with E-state index in [0.717, 1.165) is 17.3 Å². The van der Waals surface area contributed by atoms with E-state index in [1.54, 1.807) is 4.57 Å². The molecule has 0 unspecified atom stereocenters. The number of fused-ring (bicyclic) bond motifs is 1. The zero-order chi connectivity index (χ0) is 9.97. The van der Waals surface area contributed by atoms with Gasteiger partial charge in [-0.25, -0.2) is 4.98 Å². The number of hydrogen-bond donors (Lipinski definition) is 0. The molecule has 2 aromatic rings. The molecule has 0 bridgehead atoms. The molecule has 1 aromatic heterocycles. The van der Waals surface area contributed by atoms with Crippen LogP contribution in [-0.2, 0) is 6.54 Å². The second-order valence-corrected chi connectivity index (χ2v) is 2.87. The minimum atomic E-state index is 0.370. The average Bonchev–Trinajstić information content (AvgIpc) is 2.58. The highest BCUT2D eigenvalue weighted by atomic mass is 16.1. The van der Waals surface area contributed by atoms with Crippen LogP contribution in [0.5, 0.6) is 0 Å². The number of aromatic nitrogens is 2. The van der Waals surface area contributed by atoms with Crippen LogP contribution in [0.4, 0.5) is 0 Å². The summed E-state index contributed by atoms with van der Waals surface area (Å²) in [5, 5.41) is 0. The number of imidazole rings is 1. The van der Waals surface area contributed by atoms with Crippen LogP contribution in [0.3, 0.4) is 0 Å². The van der Waals surface area contributed by atoms with Crippen LogP contribution < -0.4 is 0 Å². The van der Waals surface area contributed by atoms with Crippen LogP contribution in [0.1, 0.15) is 10.6 Å². The molecule has 0 aliphatic carbocycles. The number of terminal acetylenes is 1. The van der Waals surface area contributed by atoms with Crippen molar-refractivity contribution < 1.29 is 4.79 Å². The molecule has 3 heteroatoms. The molecule has 0 radical (unpaired) electrons. The summed E-state index contributed by atoms with van der Waals surface area (Å²) in [5.41, 5.74) is 1.69. The zero-order valence-corrected chi connectivity index (χ0v) is 7.47. The van der Waals surface area contributed by atoms with Crippen molar-refractivity contribution >= 4 is 17.3 Å². The zero-order valence-electron chi connectivity index (χ0n) is 7.47. The van der Waals surface area contributed by atoms with Crippen LogP contribution in [0, 0.1) is 12.3 Å². The molecule has 14 heavy (non-hydrogen) atoms. The topological polar surface area (TPSA) is 34.9 Å². The summed E-state index contributed by atoms with van der Waals surface area (Å²) < 4.78 is 1.72. The number of carbonyl (C=O) groups excluding carboxylic acids is 1. The Morgan fingerprint density at radius 3 is 3.00 bits per heavy atom. The highest BCUT2D eigenvalue weighted by molar-refractivity contribution is 5.83. The van der Waals surface area contributed by atoms with E-state index in [-0.39, 0.29) is 0 Å². The molecular formula is C11H8N2O. The molecule has 1 aromatic carbocycles. The molecule has 0 aliphatic heterocycles. The first-order valence-electron chi connectivity index (χ1n) is 4.20. The number of nitrogens with zero attached hydrogens (tertiary/aromatic N) is 2. The first-order chi connectivity index (χ1) is 6.86. The summed E-state index contributed by atoms with van der Waals surface area (Å²) in [4.78, 5) is 14.9. The van der Waals surface area contributed by atoms with Gasteiger partial charge in [0.25, 0.3) is 0 Å². The second kappa shape index (κ2) is 3.35. The first kappa shape index (κ1) is 8.52. The number of aldehydes is 1. The van der Waals surface area contributed by atoms with Gasteiger partial charge in [-0.15, -0.1) is 6.42 Å². The minimum absolute atomic E-state index is 0.370. The van der Waals surface area contributed by atoms with Crippen molar-refractivity contribution in [2.45, 2.75) is 6.54 Å². The number of hydrogen-bond acceptors (Lipinski definition) is 2. The van der Waals surface area contributed by atoms with E-state index >= 15 is 0 Å². The molecule has 0 spiro atoms. The van der Waals surface area contributed by atoms with Crippen LogP contribution in [0.25, 0.3) is 11.0 Å². The molecule has 2 rings (SSSR count). The summed E-state index contributed by atoms with van der Waals surface area (Å²) >= 11 is 0. The quantitative estimate of drug-likeness (QED) is 0.523. The maximum atomic E-state index is 10.7. The van der Waals surface area contributed by atoms with E-state index < -0.39 is 0 Å². The Labute approximate surface area is 81.4 Å². The molecule has 0 saturated heterocycles. The molecule has 0 fully saturated rings. The maximum Gasteiger partial charge on any atom is 0.185 e. The van der Waals surface area contributed by atoms with Crippen molar-refractivity contribution in [1.82, 2.24) is 9.55 Å². The number of carbonyl (C=O) groups is 1. The van der Waals surface area contributed by atoms with Gasteiger partial charge in [-0.05, 0) is 12.1 Å². The van der Waals surface area contributed by atoms with Crippen molar-refractivity contribution in [3.8, 4) is 12.3 Å². The Morgan fingerprint density at radius 2 is 2.29 bits per heavy atom. The summed E-state index contributed by atoms with van der Waals surface area (Å²) in [7, 11) is 0. The molecule has 1 heterocycles. The number of benzene rings is 1. The highest BCUT2D eigenvalue weighted by Gasteiger charge is 2.07. The normalized spacial score (nSPS) is 9.93. The predicted molar refractivity (Wildman–Crippen MR) is 54.0 cm³/mol. The summed E-state index contributed by atoms with van der Waals surface area (Å²) in [6, 6.07) is 7.53. The largest absolute Gasteiger partial charge is 0.310 e. The lowest BCUT2D eigenvalue weighted by Crippen LogP contribution is -2.00. The Balaban J connectivity index is 2.75. The van der Waals surface area contributed by atoms with Crippen molar-refractivity contribution in [2.75, 3.05) is 0 Å². The third-order valence-electron chi connectivity index (χ3n) is 2.04. The van der Waals surface area contributed by atoms with Gasteiger partial charge in [-0.2, -0.15) is 0 Å². The van der Waals surface area contributed by atoms with E-state index in [1.165, 1.54) is 0 Å². The van der Waals surface area contributed by atoms with Crippen LogP contribution in [0.15, 0.2) is 24.3 Å². The third-order valence-corrected chi connectivity index (χ3v) is 2.04. The van der Waals surface area contributed by atoms with Crippen molar-refractivity contribution in [1.29, 1.82) is 0 Å². The third kappa shape index (κ3) is 1.17. The molecule has 68 valence electrons. The molecule has 0 saturated carbocycles. The first-order valence-corrected chi connectivity index (χ1v) is 4.20. The van der Waals surface area contributed by atoms with Gasteiger partial charge < -0.3 is 4.57 Å². The van der Waals surface area contributed by atoms with Gasteiger partial charge in [0.15, 0.2) is 12.1 Å². The molecule has 0 N–H and O–H groups in total. The molecule has 0 atom stereocenters. The standard InChI is InChI=1S/C11H8N2O/c1-2-7-13-10-6-4-3-5-9(10)12-11(13)8-14/h1,3-6,8H,7H2. The Hall–Kier alpha value is -2.08. The number of rotatable bonds is 2. The van der Waals surface area contributed by atoms with Crippen molar-refractivity contribution in [3.05, 3.63) is 30.1 Å². The Morgan fingerprint density at radius 1 is 1.50 bits per heavy atom. The molecule has 0 amide bonds. The Bertz CT molecular complexity index is 520. The van der Waals surface area contributed by atoms with Crippen LogP contribution in [0.2, 0.25) is 0 Å². The van der Waals surface area contributed by atoms with Crippen molar-refractivity contribution in [3.63, 3.8) is 0 Å². The predicted octanol–water partition coefficient (Wildman–Crippen LogP) is 1.48. The SMILES string of the molecule is C#CCn1c(C=O)nc2ccccc21. The summed E-state index contributed by atoms with van der Waals surface area (Å²) in [6.45, 7) is 0.370. The van der Waals surface area contributed by atoms with Gasteiger partial charge in [0.2, 0.25) is 0 Å². The van der Waals surface area contributed by atoms with Gasteiger partial charge in [0.1, 0.15) is 0 Å². The van der Waals surface area contributed by atoms with Gasteiger partial charge in [0.05, 0.1) is 17.6 Å². The van der Waals surface area contributed by atoms with Crippen LogP contribution >= 0.6 is 0 Å². The highest BCUT2D eigenvalue weighted by Crippen LogP contribution is 2.14. The van der Waals surface area contributed by atoms with Gasteiger partial charge in [-0.1, -0.05) is 18.1 Å². The van der Waals surface area contributed by atoms with E-state index in [1.807, 2.05) is 24.3 Å². The lowest BCUT2D eigenvalue weighted by Gasteiger charge is -1.98. The summed E-state index contributed by atoms with van der Waals surface area (Å²) in [5.74, 6) is 2.88. The average molecular weight is 184 g/mol. The van der Waals surface area contributed by atoms with Gasteiger partial charge in [-0.3, -0.25) is 4.79 Å². The molecular weight excluding hydrogens is 176 g/mol. The smallest absolute Gasteiger partial charge is 0.185 e. The summed E-state index contributed by atoms with van der Waals surface area (Å²) in [6.07, 6.45) is 5.94.